The maximum Gasteiger partial charge on any atom is 0.261 e. The largest absolute Gasteiger partial charge is 0.493 e. The van der Waals surface area contributed by atoms with E-state index in [4.69, 9.17) is 16.3 Å². The number of pyridine rings is 1. The number of rotatable bonds is 8. The number of nitrogens with zero attached hydrogens (tertiary/aromatic N) is 1. The van der Waals surface area contributed by atoms with Gasteiger partial charge >= 0.3 is 0 Å². The van der Waals surface area contributed by atoms with Crippen molar-refractivity contribution in [2.24, 2.45) is 0 Å². The fourth-order valence-corrected chi connectivity index (χ4v) is 3.13. The first kappa shape index (κ1) is 20.2. The molecule has 0 saturated carbocycles. The van der Waals surface area contributed by atoms with E-state index in [1.165, 1.54) is 12.8 Å². The lowest BCUT2D eigenvalue weighted by atomic mass is 10.1. The second kappa shape index (κ2) is 9.58. The van der Waals surface area contributed by atoms with E-state index < -0.39 is 0 Å². The monoisotopic (exact) mass is 374 g/mol. The lowest BCUT2D eigenvalue weighted by molar-refractivity contribution is 0.102. The number of para-hydroxylation sites is 1. The second-order valence-electron chi connectivity index (χ2n) is 6.52. The number of halogens is 1. The molecule has 2 rings (SSSR count). The zero-order valence-electron chi connectivity index (χ0n) is 16.0. The Morgan fingerprint density at radius 2 is 1.96 bits per heavy atom. The number of hydrogen-bond donors (Lipinski definition) is 1. The van der Waals surface area contributed by atoms with Gasteiger partial charge in [0.25, 0.3) is 5.91 Å². The Bertz CT molecular complexity index is 755. The van der Waals surface area contributed by atoms with Crippen molar-refractivity contribution < 1.29 is 9.53 Å². The van der Waals surface area contributed by atoms with E-state index in [0.717, 1.165) is 24.1 Å². The van der Waals surface area contributed by atoms with Crippen LogP contribution < -0.4 is 10.1 Å². The van der Waals surface area contributed by atoms with Crippen LogP contribution in [0.3, 0.4) is 0 Å². The van der Waals surface area contributed by atoms with Crippen molar-refractivity contribution in [1.29, 1.82) is 0 Å². The summed E-state index contributed by atoms with van der Waals surface area (Å²) < 4.78 is 5.93. The molecule has 1 heterocycles. The van der Waals surface area contributed by atoms with Crippen molar-refractivity contribution in [3.05, 3.63) is 51.8 Å². The van der Waals surface area contributed by atoms with E-state index in [1.807, 2.05) is 39.0 Å². The average molecular weight is 375 g/mol. The molecule has 0 aliphatic rings. The quantitative estimate of drug-likeness (QED) is 0.587. The Labute approximate surface area is 160 Å². The van der Waals surface area contributed by atoms with E-state index in [2.05, 4.69) is 17.2 Å². The van der Waals surface area contributed by atoms with E-state index in [1.54, 1.807) is 6.07 Å². The number of benzene rings is 1. The molecule has 0 aliphatic carbocycles. The summed E-state index contributed by atoms with van der Waals surface area (Å²) in [4.78, 5) is 17.3. The maximum atomic E-state index is 12.9. The van der Waals surface area contributed by atoms with Crippen LogP contribution in [-0.2, 0) is 0 Å². The predicted molar refractivity (Wildman–Crippen MR) is 107 cm³/mol. The number of amides is 1. The number of aromatic nitrogens is 1. The minimum atomic E-state index is -0.255. The van der Waals surface area contributed by atoms with Gasteiger partial charge in [0.15, 0.2) is 0 Å². The number of aryl methyl sites for hydroxylation is 3. The lowest BCUT2D eigenvalue weighted by Gasteiger charge is -2.16. The molecule has 5 heteroatoms. The first-order valence-corrected chi connectivity index (χ1v) is 9.49. The molecule has 1 aromatic heterocycles. The fourth-order valence-electron chi connectivity index (χ4n) is 2.86. The van der Waals surface area contributed by atoms with Gasteiger partial charge in [0, 0.05) is 11.8 Å². The minimum absolute atomic E-state index is 0.255. The molecule has 0 radical (unpaired) electrons. The Morgan fingerprint density at radius 1 is 1.19 bits per heavy atom. The highest BCUT2D eigenvalue weighted by Crippen LogP contribution is 2.28. The number of carbonyl (C=O) groups excluding carboxylic acids is 1. The molecule has 0 bridgehead atoms. The molecular weight excluding hydrogens is 348 g/mol. The zero-order valence-corrected chi connectivity index (χ0v) is 16.7. The Hall–Kier alpha value is -2.07. The van der Waals surface area contributed by atoms with Gasteiger partial charge < -0.3 is 10.1 Å². The zero-order chi connectivity index (χ0) is 19.1. The van der Waals surface area contributed by atoms with Crippen LogP contribution in [0.1, 0.15) is 59.9 Å². The van der Waals surface area contributed by atoms with Gasteiger partial charge in [0.1, 0.15) is 11.3 Å². The maximum absolute atomic E-state index is 12.9. The van der Waals surface area contributed by atoms with E-state index in [-0.39, 0.29) is 5.91 Å². The molecule has 2 aromatic rings. The molecule has 0 aliphatic heterocycles. The van der Waals surface area contributed by atoms with Gasteiger partial charge in [-0.3, -0.25) is 9.78 Å². The van der Waals surface area contributed by atoms with E-state index in [0.29, 0.717) is 34.3 Å². The molecule has 0 spiro atoms. The molecule has 0 saturated heterocycles. The summed E-state index contributed by atoms with van der Waals surface area (Å²) in [6.07, 6.45) is 4.47. The molecule has 140 valence electrons. The third-order valence-electron chi connectivity index (χ3n) is 4.24. The minimum Gasteiger partial charge on any atom is -0.493 e. The molecule has 0 fully saturated rings. The second-order valence-corrected chi connectivity index (χ2v) is 6.92. The summed E-state index contributed by atoms with van der Waals surface area (Å²) in [5.41, 5.74) is 3.47. The lowest BCUT2D eigenvalue weighted by Crippen LogP contribution is -2.17. The summed E-state index contributed by atoms with van der Waals surface area (Å²) in [6, 6.07) is 7.35. The molecule has 4 nitrogen and oxygen atoms in total. The van der Waals surface area contributed by atoms with Crippen molar-refractivity contribution in [2.75, 3.05) is 11.9 Å². The summed E-state index contributed by atoms with van der Waals surface area (Å²) in [6.45, 7) is 8.40. The highest BCUT2D eigenvalue weighted by molar-refractivity contribution is 6.34. The summed E-state index contributed by atoms with van der Waals surface area (Å²) in [7, 11) is 0. The van der Waals surface area contributed by atoms with Crippen LogP contribution in [0, 0.1) is 20.8 Å². The summed E-state index contributed by atoms with van der Waals surface area (Å²) in [5.74, 6) is 0.323. The number of unbranched alkanes of at least 4 members (excludes halogenated alkanes) is 3. The Morgan fingerprint density at radius 3 is 2.65 bits per heavy atom. The molecule has 1 amide bonds. The van der Waals surface area contributed by atoms with Gasteiger partial charge in [-0.1, -0.05) is 49.9 Å². The summed E-state index contributed by atoms with van der Waals surface area (Å²) >= 11 is 6.24. The average Bonchev–Trinajstić information content (AvgIpc) is 2.57. The van der Waals surface area contributed by atoms with Crippen LogP contribution >= 0.6 is 11.6 Å². The molecule has 26 heavy (non-hydrogen) atoms. The standard InChI is InChI=1S/C21H27ClN2O2/c1-5-6-7-8-12-26-18-13-15(3)23-16(4)19(18)21(25)24-20-14(2)10-9-11-17(20)22/h9-11,13H,5-8,12H2,1-4H3,(H,24,25). The van der Waals surface area contributed by atoms with Gasteiger partial charge in [0.05, 0.1) is 23.0 Å². The first-order chi connectivity index (χ1) is 12.4. The van der Waals surface area contributed by atoms with Crippen molar-refractivity contribution in [1.82, 2.24) is 4.98 Å². The molecular formula is C21H27ClN2O2. The van der Waals surface area contributed by atoms with Gasteiger partial charge in [-0.2, -0.15) is 0 Å². The molecule has 1 N–H and O–H groups in total. The topological polar surface area (TPSA) is 51.2 Å². The van der Waals surface area contributed by atoms with E-state index in [9.17, 15) is 4.79 Å². The molecule has 0 atom stereocenters. The van der Waals surface area contributed by atoms with Crippen molar-refractivity contribution in [2.45, 2.75) is 53.4 Å². The van der Waals surface area contributed by atoms with Crippen LogP contribution in [-0.4, -0.2) is 17.5 Å². The fraction of sp³-hybridized carbons (Fsp3) is 0.429. The van der Waals surface area contributed by atoms with Crippen molar-refractivity contribution in [3.63, 3.8) is 0 Å². The van der Waals surface area contributed by atoms with Crippen molar-refractivity contribution in [3.8, 4) is 5.75 Å². The Kier molecular flexibility index (Phi) is 7.46. The number of carbonyl (C=O) groups is 1. The van der Waals surface area contributed by atoms with Crippen LogP contribution in [0.5, 0.6) is 5.75 Å². The third kappa shape index (κ3) is 5.21. The van der Waals surface area contributed by atoms with Crippen LogP contribution in [0.2, 0.25) is 5.02 Å². The number of hydrogen-bond acceptors (Lipinski definition) is 3. The predicted octanol–water partition coefficient (Wildman–Crippen LogP) is 5.87. The highest BCUT2D eigenvalue weighted by Gasteiger charge is 2.19. The molecule has 1 aromatic carbocycles. The highest BCUT2D eigenvalue weighted by atomic mass is 35.5. The van der Waals surface area contributed by atoms with Gasteiger partial charge in [-0.15, -0.1) is 0 Å². The van der Waals surface area contributed by atoms with E-state index >= 15 is 0 Å². The van der Waals surface area contributed by atoms with Gasteiger partial charge in [-0.05, 0) is 38.8 Å². The number of ether oxygens (including phenoxy) is 1. The smallest absolute Gasteiger partial charge is 0.261 e. The SMILES string of the molecule is CCCCCCOc1cc(C)nc(C)c1C(=O)Nc1c(C)cccc1Cl. The third-order valence-corrected chi connectivity index (χ3v) is 4.55. The van der Waals surface area contributed by atoms with Crippen LogP contribution in [0.15, 0.2) is 24.3 Å². The van der Waals surface area contributed by atoms with Crippen LogP contribution in [0.25, 0.3) is 0 Å². The van der Waals surface area contributed by atoms with Gasteiger partial charge in [-0.25, -0.2) is 0 Å². The van der Waals surface area contributed by atoms with Gasteiger partial charge in [0.2, 0.25) is 0 Å². The Balaban J connectivity index is 2.22. The van der Waals surface area contributed by atoms with Crippen molar-refractivity contribution >= 4 is 23.2 Å². The summed E-state index contributed by atoms with van der Waals surface area (Å²) in [5, 5.41) is 3.43. The van der Waals surface area contributed by atoms with Crippen LogP contribution in [0.4, 0.5) is 5.69 Å². The first-order valence-electron chi connectivity index (χ1n) is 9.11. The molecule has 0 unspecified atom stereocenters. The normalized spacial score (nSPS) is 10.7. The number of nitrogens with one attached hydrogen (secondary N) is 1. The number of anilines is 1.